The Hall–Kier alpha value is -3.07. The Labute approximate surface area is 179 Å². The molecule has 0 spiro atoms. The largest absolute Gasteiger partial charge is 0.383 e. The summed E-state index contributed by atoms with van der Waals surface area (Å²) in [5.41, 5.74) is 6.40. The molecule has 0 radical (unpaired) electrons. The first-order valence-electron chi connectivity index (χ1n) is 10.9. The SMILES string of the molecule is CC[C@H](C)n1c(C)c(C=NCCNc2cccc3ccccc23)c2cccc(C)c21. The van der Waals surface area contributed by atoms with Gasteiger partial charge in [-0.1, -0.05) is 61.5 Å². The summed E-state index contributed by atoms with van der Waals surface area (Å²) in [6.07, 6.45) is 3.19. The van der Waals surface area contributed by atoms with Crippen molar-refractivity contribution >= 4 is 33.6 Å². The van der Waals surface area contributed by atoms with Crippen LogP contribution < -0.4 is 5.32 Å². The second-order valence-corrected chi connectivity index (χ2v) is 8.09. The van der Waals surface area contributed by atoms with Crippen molar-refractivity contribution in [2.75, 3.05) is 18.4 Å². The van der Waals surface area contributed by atoms with E-state index in [1.807, 2.05) is 0 Å². The maximum Gasteiger partial charge on any atom is 0.0562 e. The number of fused-ring (bicyclic) bond motifs is 2. The van der Waals surface area contributed by atoms with Crippen molar-refractivity contribution < 1.29 is 0 Å². The van der Waals surface area contributed by atoms with Crippen molar-refractivity contribution in [1.29, 1.82) is 0 Å². The smallest absolute Gasteiger partial charge is 0.0562 e. The number of para-hydroxylation sites is 1. The van der Waals surface area contributed by atoms with Gasteiger partial charge in [0.2, 0.25) is 0 Å². The Kier molecular flexibility index (Phi) is 5.89. The second-order valence-electron chi connectivity index (χ2n) is 8.09. The highest BCUT2D eigenvalue weighted by atomic mass is 15.0. The monoisotopic (exact) mass is 397 g/mol. The van der Waals surface area contributed by atoms with Gasteiger partial charge in [-0.15, -0.1) is 0 Å². The van der Waals surface area contributed by atoms with Crippen molar-refractivity contribution in [2.24, 2.45) is 4.99 Å². The number of hydrogen-bond acceptors (Lipinski definition) is 2. The van der Waals surface area contributed by atoms with Crippen molar-refractivity contribution in [3.05, 3.63) is 77.5 Å². The molecule has 4 aromatic rings. The van der Waals surface area contributed by atoms with Crippen molar-refractivity contribution in [3.63, 3.8) is 0 Å². The summed E-state index contributed by atoms with van der Waals surface area (Å²) >= 11 is 0. The van der Waals surface area contributed by atoms with Gasteiger partial charge in [-0.2, -0.15) is 0 Å². The highest BCUT2D eigenvalue weighted by Gasteiger charge is 2.17. The van der Waals surface area contributed by atoms with E-state index in [-0.39, 0.29) is 0 Å². The lowest BCUT2D eigenvalue weighted by molar-refractivity contribution is 0.536. The summed E-state index contributed by atoms with van der Waals surface area (Å²) in [7, 11) is 0. The fourth-order valence-corrected chi connectivity index (χ4v) is 4.38. The van der Waals surface area contributed by atoms with Crippen molar-refractivity contribution in [1.82, 2.24) is 4.57 Å². The highest BCUT2D eigenvalue weighted by molar-refractivity contribution is 6.02. The Morgan fingerprint density at radius 3 is 2.53 bits per heavy atom. The normalized spacial score (nSPS) is 12.8. The zero-order valence-corrected chi connectivity index (χ0v) is 18.4. The molecule has 0 bridgehead atoms. The molecule has 3 heteroatoms. The van der Waals surface area contributed by atoms with Gasteiger partial charge in [0, 0.05) is 46.5 Å². The van der Waals surface area contributed by atoms with E-state index in [0.717, 1.165) is 19.5 Å². The molecule has 1 aromatic heterocycles. The second kappa shape index (κ2) is 8.74. The fraction of sp³-hybridized carbons (Fsp3) is 0.296. The number of rotatable bonds is 7. The average Bonchev–Trinajstić information content (AvgIpc) is 3.06. The zero-order valence-electron chi connectivity index (χ0n) is 18.4. The molecular weight excluding hydrogens is 366 g/mol. The van der Waals surface area contributed by atoms with Crippen LogP contribution in [0.3, 0.4) is 0 Å². The van der Waals surface area contributed by atoms with Crippen LogP contribution in [0, 0.1) is 13.8 Å². The van der Waals surface area contributed by atoms with Gasteiger partial charge in [0.15, 0.2) is 0 Å². The fourth-order valence-electron chi connectivity index (χ4n) is 4.38. The minimum absolute atomic E-state index is 0.476. The van der Waals surface area contributed by atoms with Crippen LogP contribution >= 0.6 is 0 Å². The van der Waals surface area contributed by atoms with Gasteiger partial charge in [-0.3, -0.25) is 4.99 Å². The van der Waals surface area contributed by atoms with Gasteiger partial charge < -0.3 is 9.88 Å². The van der Waals surface area contributed by atoms with Gasteiger partial charge in [0.25, 0.3) is 0 Å². The lowest BCUT2D eigenvalue weighted by Gasteiger charge is -2.16. The van der Waals surface area contributed by atoms with E-state index < -0.39 is 0 Å². The van der Waals surface area contributed by atoms with Crippen LogP contribution in [0.5, 0.6) is 0 Å². The van der Waals surface area contributed by atoms with Crippen LogP contribution in [0.1, 0.15) is 43.1 Å². The van der Waals surface area contributed by atoms with Crippen molar-refractivity contribution in [2.45, 2.75) is 40.2 Å². The van der Waals surface area contributed by atoms with Gasteiger partial charge in [0.1, 0.15) is 0 Å². The molecule has 0 amide bonds. The summed E-state index contributed by atoms with van der Waals surface area (Å²) in [6, 6.07) is 21.9. The first-order chi connectivity index (χ1) is 14.6. The van der Waals surface area contributed by atoms with E-state index in [1.54, 1.807) is 0 Å². The lowest BCUT2D eigenvalue weighted by Crippen LogP contribution is -2.07. The molecule has 1 N–H and O–H groups in total. The number of benzene rings is 3. The number of aromatic nitrogens is 1. The first kappa shape index (κ1) is 20.2. The molecule has 1 heterocycles. The molecule has 0 aliphatic carbocycles. The maximum atomic E-state index is 4.78. The Bertz CT molecular complexity index is 1190. The molecule has 3 aromatic carbocycles. The molecule has 1 atom stereocenters. The third-order valence-electron chi connectivity index (χ3n) is 6.12. The molecule has 0 fully saturated rings. The number of nitrogens with one attached hydrogen (secondary N) is 1. The maximum absolute atomic E-state index is 4.78. The molecule has 30 heavy (non-hydrogen) atoms. The molecule has 154 valence electrons. The van der Waals surface area contributed by atoms with E-state index in [0.29, 0.717) is 6.04 Å². The minimum Gasteiger partial charge on any atom is -0.383 e. The van der Waals surface area contributed by atoms with E-state index in [1.165, 1.54) is 44.2 Å². The molecule has 0 unspecified atom stereocenters. The Morgan fingerprint density at radius 1 is 0.967 bits per heavy atom. The van der Waals surface area contributed by atoms with Crippen LogP contribution in [0.25, 0.3) is 21.7 Å². The molecule has 0 aliphatic rings. The van der Waals surface area contributed by atoms with Crippen LogP contribution in [-0.2, 0) is 0 Å². The zero-order chi connectivity index (χ0) is 21.1. The molecule has 3 nitrogen and oxygen atoms in total. The van der Waals surface area contributed by atoms with Crippen LogP contribution in [-0.4, -0.2) is 23.9 Å². The first-order valence-corrected chi connectivity index (χ1v) is 10.9. The molecular formula is C27H31N3. The van der Waals surface area contributed by atoms with E-state index in [2.05, 4.69) is 104 Å². The van der Waals surface area contributed by atoms with Crippen LogP contribution in [0.4, 0.5) is 5.69 Å². The van der Waals surface area contributed by atoms with E-state index in [4.69, 9.17) is 4.99 Å². The molecule has 0 aliphatic heterocycles. The summed E-state index contributed by atoms with van der Waals surface area (Å²) in [4.78, 5) is 4.78. The third kappa shape index (κ3) is 3.72. The van der Waals surface area contributed by atoms with Crippen LogP contribution in [0.15, 0.2) is 65.7 Å². The average molecular weight is 398 g/mol. The molecule has 0 saturated carbocycles. The van der Waals surface area contributed by atoms with E-state index in [9.17, 15) is 0 Å². The lowest BCUT2D eigenvalue weighted by atomic mass is 10.1. The number of hydrogen-bond donors (Lipinski definition) is 1. The van der Waals surface area contributed by atoms with Crippen molar-refractivity contribution in [3.8, 4) is 0 Å². The summed E-state index contributed by atoms with van der Waals surface area (Å²) in [6.45, 7) is 10.5. The summed E-state index contributed by atoms with van der Waals surface area (Å²) in [5.74, 6) is 0. The summed E-state index contributed by atoms with van der Waals surface area (Å²) in [5, 5.41) is 7.37. The summed E-state index contributed by atoms with van der Waals surface area (Å²) < 4.78 is 2.49. The quantitative estimate of drug-likeness (QED) is 0.266. The Morgan fingerprint density at radius 2 is 1.70 bits per heavy atom. The predicted molar refractivity (Wildman–Crippen MR) is 131 cm³/mol. The topological polar surface area (TPSA) is 29.3 Å². The minimum atomic E-state index is 0.476. The number of nitrogens with zero attached hydrogens (tertiary/aromatic N) is 2. The van der Waals surface area contributed by atoms with Gasteiger partial charge in [-0.25, -0.2) is 0 Å². The van der Waals surface area contributed by atoms with Gasteiger partial charge in [-0.05, 0) is 44.2 Å². The number of aryl methyl sites for hydroxylation is 1. The number of anilines is 1. The van der Waals surface area contributed by atoms with Crippen LogP contribution in [0.2, 0.25) is 0 Å². The predicted octanol–water partition coefficient (Wildman–Crippen LogP) is 6.91. The van der Waals surface area contributed by atoms with Gasteiger partial charge in [0.05, 0.1) is 12.1 Å². The number of aliphatic imine (C=N–C) groups is 1. The van der Waals surface area contributed by atoms with E-state index >= 15 is 0 Å². The third-order valence-corrected chi connectivity index (χ3v) is 6.12. The molecule has 0 saturated heterocycles. The Balaban J connectivity index is 1.53. The highest BCUT2D eigenvalue weighted by Crippen LogP contribution is 2.31. The van der Waals surface area contributed by atoms with Gasteiger partial charge >= 0.3 is 0 Å². The molecule has 4 rings (SSSR count). The standard InChI is InChI=1S/C27H31N3/c1-5-20(3)30-21(4)25(24-14-8-10-19(2)27(24)30)18-28-16-17-29-26-15-9-12-22-11-6-7-13-23(22)26/h6-15,18,20,29H,5,16-17H2,1-4H3/t20-/m0/s1.